The summed E-state index contributed by atoms with van der Waals surface area (Å²) in [5.74, 6) is 12.8. The van der Waals surface area contributed by atoms with Crippen LogP contribution in [-0.4, -0.2) is 6.29 Å². The zero-order chi connectivity index (χ0) is 51.8. The molecular weight excluding hydrogens is 833 g/mol. The van der Waals surface area contributed by atoms with Crippen LogP contribution in [0.5, 0.6) is 0 Å². The molecule has 0 aliphatic carbocycles. The Hall–Kier alpha value is -0.330. The molecule has 0 bridgehead atoms. The van der Waals surface area contributed by atoms with E-state index in [1.54, 1.807) is 0 Å². The van der Waals surface area contributed by atoms with Crippen molar-refractivity contribution in [3.8, 4) is 0 Å². The summed E-state index contributed by atoms with van der Waals surface area (Å²) >= 11 is 0. The van der Waals surface area contributed by atoms with Gasteiger partial charge in [-0.25, -0.2) is 0 Å². The van der Waals surface area contributed by atoms with E-state index in [0.29, 0.717) is 0 Å². The van der Waals surface area contributed by atoms with Crippen LogP contribution < -0.4 is 0 Å². The fraction of sp³-hybridized carbons (Fsp3) is 0.985. The van der Waals surface area contributed by atoms with E-state index in [0.717, 1.165) is 102 Å². The number of carbonyl (C=O) groups excluding carboxylic acids is 1. The Balaban J connectivity index is 5.94. The van der Waals surface area contributed by atoms with Crippen LogP contribution in [0.15, 0.2) is 0 Å². The second-order valence-corrected chi connectivity index (χ2v) is 28.2. The molecule has 0 heterocycles. The smallest absolute Gasteiger partial charge is 0.120 e. The lowest BCUT2D eigenvalue weighted by molar-refractivity contribution is -0.108. The summed E-state index contributed by atoms with van der Waals surface area (Å²) in [7, 11) is 0. The quantitative estimate of drug-likeness (QED) is 0.0555. The molecule has 0 fully saturated rings. The first-order chi connectivity index (χ1) is 32.8. The monoisotopic (exact) mass is 969 g/mol. The predicted molar refractivity (Wildman–Crippen MR) is 315 cm³/mol. The molecule has 1 heteroatoms. The Bertz CT molecular complexity index is 869. The van der Waals surface area contributed by atoms with Gasteiger partial charge in [0.25, 0.3) is 0 Å². The predicted octanol–water partition coefficient (Wildman–Crippen LogP) is 23.8. The standard InChI is InChI=1S/C68H136O/c1-54(2)37-45-65(46-38-55(3)4)32-19-26-62(27-20-33-66(47-39-56(5)6)48-40-57(7)8)24-17-30-64(36-23-53-69)31-18-25-63(28-21-34-67(49-41-58(9)10)50-42-59(11)12)29-22-35-68(51-43-60(13)14)52-44-61(15)16/h53-68H,17-52H2,1-16H3. The molecule has 0 spiro atoms. The van der Waals surface area contributed by atoms with E-state index in [4.69, 9.17) is 0 Å². The molecule has 0 radical (unpaired) electrons. The summed E-state index contributed by atoms with van der Waals surface area (Å²) in [6.07, 6.45) is 51.6. The van der Waals surface area contributed by atoms with Crippen molar-refractivity contribution < 1.29 is 4.79 Å². The van der Waals surface area contributed by atoms with Gasteiger partial charge >= 0.3 is 0 Å². The van der Waals surface area contributed by atoms with Crippen molar-refractivity contribution in [3.63, 3.8) is 0 Å². The zero-order valence-electron chi connectivity index (χ0n) is 51.1. The summed E-state index contributed by atoms with van der Waals surface area (Å²) < 4.78 is 0. The normalized spacial score (nSPS) is 13.0. The Kier molecular flexibility index (Phi) is 44.9. The van der Waals surface area contributed by atoms with Crippen LogP contribution in [0, 0.1) is 88.8 Å². The molecule has 0 aliphatic rings. The Morgan fingerprint density at radius 1 is 0.188 bits per heavy atom. The van der Waals surface area contributed by atoms with E-state index >= 15 is 0 Å². The summed E-state index contributed by atoms with van der Waals surface area (Å²) in [5.41, 5.74) is 0. The molecule has 0 saturated heterocycles. The van der Waals surface area contributed by atoms with Crippen LogP contribution >= 0.6 is 0 Å². The molecule has 0 aromatic heterocycles. The van der Waals surface area contributed by atoms with Crippen LogP contribution in [0.3, 0.4) is 0 Å². The van der Waals surface area contributed by atoms with E-state index in [1.165, 1.54) is 225 Å². The molecule has 0 unspecified atom stereocenters. The van der Waals surface area contributed by atoms with E-state index in [9.17, 15) is 4.79 Å². The number of hydrogen-bond donors (Lipinski definition) is 0. The van der Waals surface area contributed by atoms with Gasteiger partial charge in [-0.15, -0.1) is 0 Å². The maximum Gasteiger partial charge on any atom is 0.120 e. The zero-order valence-corrected chi connectivity index (χ0v) is 51.1. The van der Waals surface area contributed by atoms with Crippen LogP contribution in [0.1, 0.15) is 342 Å². The summed E-state index contributed by atoms with van der Waals surface area (Å²) in [6, 6.07) is 0. The molecular formula is C68H136O. The van der Waals surface area contributed by atoms with Gasteiger partial charge in [-0.3, -0.25) is 0 Å². The molecule has 0 saturated carbocycles. The third kappa shape index (κ3) is 46.0. The van der Waals surface area contributed by atoms with Crippen LogP contribution in [0.4, 0.5) is 0 Å². The van der Waals surface area contributed by atoms with Crippen molar-refractivity contribution in [2.24, 2.45) is 88.8 Å². The number of rotatable bonds is 51. The first-order valence-corrected chi connectivity index (χ1v) is 32.2. The fourth-order valence-electron chi connectivity index (χ4n) is 12.1. The number of hydrogen-bond acceptors (Lipinski definition) is 1. The molecule has 0 N–H and O–H groups in total. The molecule has 0 rings (SSSR count). The SMILES string of the molecule is CC(C)CCC(CCCC(CCCC(CCC=O)CCCC(CCCC(CCC(C)C)CCC(C)C)CCCC(CCC(C)C)CCC(C)C)CCCC(CCC(C)C)CCC(C)C)CCC(C)C. The van der Waals surface area contributed by atoms with Crippen molar-refractivity contribution in [2.75, 3.05) is 0 Å². The van der Waals surface area contributed by atoms with Crippen LogP contribution in [-0.2, 0) is 4.79 Å². The average Bonchev–Trinajstić information content (AvgIpc) is 3.27. The molecule has 69 heavy (non-hydrogen) atoms. The molecule has 0 aromatic rings. The highest BCUT2D eigenvalue weighted by molar-refractivity contribution is 5.49. The van der Waals surface area contributed by atoms with Gasteiger partial charge < -0.3 is 4.79 Å². The molecule has 414 valence electrons. The van der Waals surface area contributed by atoms with Crippen molar-refractivity contribution >= 4 is 6.29 Å². The molecule has 0 aliphatic heterocycles. The first-order valence-electron chi connectivity index (χ1n) is 32.2. The Morgan fingerprint density at radius 2 is 0.319 bits per heavy atom. The van der Waals surface area contributed by atoms with Gasteiger partial charge in [0.05, 0.1) is 0 Å². The van der Waals surface area contributed by atoms with Crippen molar-refractivity contribution in [3.05, 3.63) is 0 Å². The van der Waals surface area contributed by atoms with E-state index in [1.807, 2.05) is 0 Å². The minimum atomic E-state index is 0.734. The van der Waals surface area contributed by atoms with Gasteiger partial charge in [-0.1, -0.05) is 329 Å². The highest BCUT2D eigenvalue weighted by Crippen LogP contribution is 2.35. The minimum absolute atomic E-state index is 0.734. The van der Waals surface area contributed by atoms with Gasteiger partial charge in [0.2, 0.25) is 0 Å². The lowest BCUT2D eigenvalue weighted by atomic mass is 9.81. The lowest BCUT2D eigenvalue weighted by Gasteiger charge is -2.25. The van der Waals surface area contributed by atoms with Gasteiger partial charge in [-0.2, -0.15) is 0 Å². The van der Waals surface area contributed by atoms with Crippen molar-refractivity contribution in [2.45, 2.75) is 342 Å². The maximum atomic E-state index is 11.8. The average molecular weight is 970 g/mol. The highest BCUT2D eigenvalue weighted by atomic mass is 16.1. The van der Waals surface area contributed by atoms with E-state index in [2.05, 4.69) is 111 Å². The third-order valence-electron chi connectivity index (χ3n) is 17.3. The summed E-state index contributed by atoms with van der Waals surface area (Å²) in [4.78, 5) is 11.8. The van der Waals surface area contributed by atoms with Gasteiger partial charge in [0, 0.05) is 6.42 Å². The van der Waals surface area contributed by atoms with Crippen molar-refractivity contribution in [1.29, 1.82) is 0 Å². The maximum absolute atomic E-state index is 11.8. The van der Waals surface area contributed by atoms with Gasteiger partial charge in [0.1, 0.15) is 6.29 Å². The minimum Gasteiger partial charge on any atom is -0.303 e. The lowest BCUT2D eigenvalue weighted by Crippen LogP contribution is -2.10. The summed E-state index contributed by atoms with van der Waals surface area (Å²) in [6.45, 7) is 38.8. The van der Waals surface area contributed by atoms with E-state index < -0.39 is 0 Å². The third-order valence-corrected chi connectivity index (χ3v) is 17.3. The largest absolute Gasteiger partial charge is 0.303 e. The second kappa shape index (κ2) is 45.1. The Morgan fingerprint density at radius 3 is 0.449 bits per heavy atom. The highest BCUT2D eigenvalue weighted by Gasteiger charge is 2.20. The topological polar surface area (TPSA) is 17.1 Å². The fourth-order valence-corrected chi connectivity index (χ4v) is 12.1. The van der Waals surface area contributed by atoms with Gasteiger partial charge in [-0.05, 0) is 95.2 Å². The van der Waals surface area contributed by atoms with Gasteiger partial charge in [0.15, 0.2) is 0 Å². The molecule has 0 aromatic carbocycles. The van der Waals surface area contributed by atoms with Crippen LogP contribution in [0.25, 0.3) is 0 Å². The first kappa shape index (κ1) is 68.7. The molecule has 0 atom stereocenters. The summed E-state index contributed by atoms with van der Waals surface area (Å²) in [5, 5.41) is 0. The molecule has 1 nitrogen and oxygen atoms in total. The van der Waals surface area contributed by atoms with E-state index in [-0.39, 0.29) is 0 Å². The van der Waals surface area contributed by atoms with Crippen molar-refractivity contribution in [1.82, 2.24) is 0 Å². The van der Waals surface area contributed by atoms with Crippen LogP contribution in [0.2, 0.25) is 0 Å². The number of carbonyl (C=O) groups is 1. The number of aldehydes is 1. The second-order valence-electron chi connectivity index (χ2n) is 28.2. The molecule has 0 amide bonds. The Labute approximate surface area is 439 Å².